The summed E-state index contributed by atoms with van der Waals surface area (Å²) in [6.07, 6.45) is 4.56. The zero-order chi connectivity index (χ0) is 13.7. The number of rotatable bonds is 6. The molecule has 0 saturated carbocycles. The van der Waals surface area contributed by atoms with Crippen LogP contribution in [0.4, 0.5) is 10.8 Å². The van der Waals surface area contributed by atoms with Crippen molar-refractivity contribution in [2.24, 2.45) is 0 Å². The fourth-order valence-corrected chi connectivity index (χ4v) is 2.38. The minimum Gasteiger partial charge on any atom is -0.382 e. The zero-order valence-corrected chi connectivity index (χ0v) is 11.4. The van der Waals surface area contributed by atoms with E-state index in [0.717, 1.165) is 19.5 Å². The third-order valence-electron chi connectivity index (χ3n) is 2.58. The van der Waals surface area contributed by atoms with Crippen LogP contribution in [0, 0.1) is 0 Å². The fourth-order valence-electron chi connectivity index (χ4n) is 1.64. The van der Waals surface area contributed by atoms with E-state index >= 15 is 0 Å². The Hall–Kier alpha value is -2.09. The Balaban J connectivity index is 1.87. The lowest BCUT2D eigenvalue weighted by molar-refractivity contribution is 0.0965. The number of carbonyl (C=O) groups is 1. The first-order valence-corrected chi connectivity index (χ1v) is 6.68. The van der Waals surface area contributed by atoms with Gasteiger partial charge in [-0.1, -0.05) is 0 Å². The van der Waals surface area contributed by atoms with Gasteiger partial charge in [-0.05, 0) is 24.0 Å². The molecule has 8 heteroatoms. The first-order chi connectivity index (χ1) is 9.22. The molecule has 0 saturated heterocycles. The molecule has 0 spiro atoms. The second kappa shape index (κ2) is 6.19. The second-order valence-corrected chi connectivity index (χ2v) is 4.67. The number of nitrogens with one attached hydrogen (secondary N) is 2. The van der Waals surface area contributed by atoms with Crippen LogP contribution >= 0.6 is 11.5 Å². The van der Waals surface area contributed by atoms with Crippen molar-refractivity contribution in [3.63, 3.8) is 0 Å². The predicted molar refractivity (Wildman–Crippen MR) is 75.3 cm³/mol. The van der Waals surface area contributed by atoms with E-state index in [9.17, 15) is 4.79 Å². The van der Waals surface area contributed by atoms with Gasteiger partial charge in [0, 0.05) is 32.5 Å². The smallest absolute Gasteiger partial charge is 0.257 e. The summed E-state index contributed by atoms with van der Waals surface area (Å²) in [6.45, 7) is 1.55. The van der Waals surface area contributed by atoms with Crippen LogP contribution in [0.25, 0.3) is 0 Å². The van der Waals surface area contributed by atoms with Crippen molar-refractivity contribution >= 4 is 28.3 Å². The number of aryl methyl sites for hydroxylation is 1. The molecular formula is C11H16N6OS. The van der Waals surface area contributed by atoms with E-state index in [1.165, 1.54) is 11.5 Å². The van der Waals surface area contributed by atoms with Gasteiger partial charge < -0.3 is 16.4 Å². The summed E-state index contributed by atoms with van der Waals surface area (Å²) in [5.41, 5.74) is 6.11. The van der Waals surface area contributed by atoms with Gasteiger partial charge in [-0.15, -0.1) is 0 Å². The average Bonchev–Trinajstić information content (AvgIpc) is 3.04. The number of nitrogen functional groups attached to an aromatic ring is 1. The molecule has 0 unspecified atom stereocenters. The maximum atomic E-state index is 11.7. The van der Waals surface area contributed by atoms with E-state index in [0.29, 0.717) is 10.6 Å². The Morgan fingerprint density at radius 1 is 1.58 bits per heavy atom. The van der Waals surface area contributed by atoms with Crippen LogP contribution in [0.15, 0.2) is 18.5 Å². The highest BCUT2D eigenvalue weighted by atomic mass is 32.1. The van der Waals surface area contributed by atoms with E-state index < -0.39 is 0 Å². The molecular weight excluding hydrogens is 264 g/mol. The summed E-state index contributed by atoms with van der Waals surface area (Å²) in [4.78, 5) is 11.7. The summed E-state index contributed by atoms with van der Waals surface area (Å²) < 4.78 is 5.86. The van der Waals surface area contributed by atoms with Crippen LogP contribution in [0.3, 0.4) is 0 Å². The Morgan fingerprint density at radius 2 is 2.42 bits per heavy atom. The number of nitrogens with two attached hydrogens (primary N) is 1. The molecule has 0 aliphatic carbocycles. The predicted octanol–water partition coefficient (Wildman–Crippen LogP) is 0.784. The quantitative estimate of drug-likeness (QED) is 0.679. The summed E-state index contributed by atoms with van der Waals surface area (Å²) >= 11 is 1.20. The van der Waals surface area contributed by atoms with Crippen LogP contribution < -0.4 is 16.4 Å². The van der Waals surface area contributed by atoms with Gasteiger partial charge in [-0.3, -0.25) is 9.48 Å². The lowest BCUT2D eigenvalue weighted by atomic mass is 10.3. The average molecular weight is 280 g/mol. The molecule has 0 radical (unpaired) electrons. The molecule has 2 rings (SSSR count). The number of aromatic nitrogens is 3. The Kier molecular flexibility index (Phi) is 4.35. The van der Waals surface area contributed by atoms with Gasteiger partial charge in [0.1, 0.15) is 10.6 Å². The summed E-state index contributed by atoms with van der Waals surface area (Å²) in [5.74, 6) is 0.0414. The molecule has 7 nitrogen and oxygen atoms in total. The standard InChI is InChI=1S/C11H16N6OS/c1-13-10(18)8-9(12)16-19-11(8)14-4-2-6-17-7-3-5-15-17/h3,5,7,14H,2,4,6H2,1H3,(H2,12,16)(H,13,18). The molecule has 2 heterocycles. The van der Waals surface area contributed by atoms with Crippen molar-refractivity contribution in [2.45, 2.75) is 13.0 Å². The lowest BCUT2D eigenvalue weighted by Crippen LogP contribution is -2.20. The van der Waals surface area contributed by atoms with Gasteiger partial charge >= 0.3 is 0 Å². The number of hydrogen-bond acceptors (Lipinski definition) is 6. The molecule has 0 aliphatic heterocycles. The fraction of sp³-hybridized carbons (Fsp3) is 0.364. The first kappa shape index (κ1) is 13.3. The van der Waals surface area contributed by atoms with E-state index in [1.54, 1.807) is 13.2 Å². The van der Waals surface area contributed by atoms with Crippen molar-refractivity contribution < 1.29 is 4.79 Å². The number of hydrogen-bond donors (Lipinski definition) is 3. The van der Waals surface area contributed by atoms with Crippen molar-refractivity contribution in [3.8, 4) is 0 Å². The van der Waals surface area contributed by atoms with Crippen LogP contribution in [0.5, 0.6) is 0 Å². The van der Waals surface area contributed by atoms with E-state index in [-0.39, 0.29) is 11.7 Å². The highest BCUT2D eigenvalue weighted by Crippen LogP contribution is 2.26. The molecule has 102 valence electrons. The maximum absolute atomic E-state index is 11.7. The van der Waals surface area contributed by atoms with Crippen molar-refractivity contribution in [2.75, 3.05) is 24.6 Å². The summed E-state index contributed by atoms with van der Waals surface area (Å²) in [7, 11) is 1.57. The van der Waals surface area contributed by atoms with E-state index in [4.69, 9.17) is 5.73 Å². The highest BCUT2D eigenvalue weighted by molar-refractivity contribution is 7.11. The molecule has 0 aromatic carbocycles. The van der Waals surface area contributed by atoms with E-state index in [2.05, 4.69) is 20.1 Å². The minimum absolute atomic E-state index is 0.221. The van der Waals surface area contributed by atoms with Gasteiger partial charge in [-0.25, -0.2) is 0 Å². The van der Waals surface area contributed by atoms with Gasteiger partial charge in [0.25, 0.3) is 5.91 Å². The third kappa shape index (κ3) is 3.22. The van der Waals surface area contributed by atoms with Crippen LogP contribution in [0.2, 0.25) is 0 Å². The topological polar surface area (TPSA) is 97.9 Å². The number of anilines is 2. The summed E-state index contributed by atoms with van der Waals surface area (Å²) in [6, 6.07) is 1.89. The van der Waals surface area contributed by atoms with Crippen molar-refractivity contribution in [1.29, 1.82) is 0 Å². The van der Waals surface area contributed by atoms with Crippen molar-refractivity contribution in [3.05, 3.63) is 24.0 Å². The van der Waals surface area contributed by atoms with Gasteiger partial charge in [0.15, 0.2) is 5.82 Å². The molecule has 1 amide bonds. The molecule has 0 bridgehead atoms. The minimum atomic E-state index is -0.221. The lowest BCUT2D eigenvalue weighted by Gasteiger charge is -2.06. The maximum Gasteiger partial charge on any atom is 0.257 e. The van der Waals surface area contributed by atoms with Crippen molar-refractivity contribution in [1.82, 2.24) is 19.5 Å². The largest absolute Gasteiger partial charge is 0.382 e. The van der Waals surface area contributed by atoms with E-state index in [1.807, 2.05) is 16.9 Å². The highest BCUT2D eigenvalue weighted by Gasteiger charge is 2.17. The molecule has 2 aromatic rings. The van der Waals surface area contributed by atoms with Crippen LogP contribution in [-0.2, 0) is 6.54 Å². The van der Waals surface area contributed by atoms with Crippen LogP contribution in [-0.4, -0.2) is 33.7 Å². The first-order valence-electron chi connectivity index (χ1n) is 5.91. The molecule has 0 fully saturated rings. The normalized spacial score (nSPS) is 10.4. The Labute approximate surface area is 115 Å². The zero-order valence-electron chi connectivity index (χ0n) is 10.6. The number of carbonyl (C=O) groups excluding carboxylic acids is 1. The van der Waals surface area contributed by atoms with Crippen LogP contribution in [0.1, 0.15) is 16.8 Å². The molecule has 19 heavy (non-hydrogen) atoms. The number of amides is 1. The Bertz CT molecular complexity index is 535. The van der Waals surface area contributed by atoms with Gasteiger partial charge in [-0.2, -0.15) is 9.47 Å². The van der Waals surface area contributed by atoms with Gasteiger partial charge in [0.2, 0.25) is 0 Å². The molecule has 0 atom stereocenters. The molecule has 4 N–H and O–H groups in total. The SMILES string of the molecule is CNC(=O)c1c(N)nsc1NCCCn1cccn1. The van der Waals surface area contributed by atoms with Gasteiger partial charge in [0.05, 0.1) is 0 Å². The number of nitrogens with zero attached hydrogens (tertiary/aromatic N) is 3. The molecule has 2 aromatic heterocycles. The third-order valence-corrected chi connectivity index (χ3v) is 3.40. The second-order valence-electron chi connectivity index (χ2n) is 3.90. The summed E-state index contributed by atoms with van der Waals surface area (Å²) in [5, 5.41) is 10.6. The monoisotopic (exact) mass is 280 g/mol. The molecule has 0 aliphatic rings. The Morgan fingerprint density at radius 3 is 3.11 bits per heavy atom.